The first-order chi connectivity index (χ1) is 7.74. The molecule has 0 aliphatic rings. The van der Waals surface area contributed by atoms with Gasteiger partial charge in [-0.15, -0.1) is 0 Å². The lowest BCUT2D eigenvalue weighted by atomic mass is 10.3. The zero-order valence-corrected chi connectivity index (χ0v) is 10.2. The third kappa shape index (κ3) is 3.00. The second-order valence-electron chi connectivity index (χ2n) is 3.34. The molecule has 0 fully saturated rings. The van der Waals surface area contributed by atoms with E-state index in [-0.39, 0.29) is 0 Å². The summed E-state index contributed by atoms with van der Waals surface area (Å²) in [5.74, 6) is 0.763. The van der Waals surface area contributed by atoms with Gasteiger partial charge in [0.1, 0.15) is 12.4 Å². The molecule has 0 bridgehead atoms. The lowest BCUT2D eigenvalue weighted by Crippen LogP contribution is -2.08. The van der Waals surface area contributed by atoms with Crippen LogP contribution in [0, 0.1) is 0 Å². The summed E-state index contributed by atoms with van der Waals surface area (Å²) < 4.78 is 8.31. The maximum atomic E-state index is 5.70. The molecular formula is C11H12BrN3O. The van der Waals surface area contributed by atoms with Gasteiger partial charge in [-0.2, -0.15) is 5.10 Å². The first-order valence-electron chi connectivity index (χ1n) is 4.90. The van der Waals surface area contributed by atoms with E-state index < -0.39 is 0 Å². The van der Waals surface area contributed by atoms with E-state index in [1.807, 2.05) is 29.1 Å². The number of rotatable bonds is 4. The summed E-state index contributed by atoms with van der Waals surface area (Å²) >= 11 is 3.37. The molecule has 2 rings (SSSR count). The summed E-state index contributed by atoms with van der Waals surface area (Å²) in [6, 6.07) is 7.41. The van der Waals surface area contributed by atoms with Crippen molar-refractivity contribution in [1.82, 2.24) is 9.78 Å². The minimum Gasteiger partial charge on any atom is -0.492 e. The van der Waals surface area contributed by atoms with E-state index in [2.05, 4.69) is 21.0 Å². The third-order valence-electron chi connectivity index (χ3n) is 2.04. The van der Waals surface area contributed by atoms with Crippen molar-refractivity contribution in [3.63, 3.8) is 0 Å². The summed E-state index contributed by atoms with van der Waals surface area (Å²) in [6.45, 7) is 1.29. The first-order valence-corrected chi connectivity index (χ1v) is 5.69. The molecular weight excluding hydrogens is 270 g/mol. The number of ether oxygens (including phenoxy) is 1. The van der Waals surface area contributed by atoms with Crippen LogP contribution in [0.4, 0.5) is 5.69 Å². The smallest absolute Gasteiger partial charge is 0.122 e. The lowest BCUT2D eigenvalue weighted by molar-refractivity contribution is 0.291. The minimum absolute atomic E-state index is 0.567. The molecule has 4 nitrogen and oxygen atoms in total. The average Bonchev–Trinajstić information content (AvgIpc) is 2.69. The van der Waals surface area contributed by atoms with Crippen molar-refractivity contribution >= 4 is 21.6 Å². The summed E-state index contributed by atoms with van der Waals surface area (Å²) in [6.07, 6.45) is 3.65. The van der Waals surface area contributed by atoms with Gasteiger partial charge in [-0.3, -0.25) is 4.68 Å². The van der Waals surface area contributed by atoms with Gasteiger partial charge in [0.2, 0.25) is 0 Å². The molecule has 0 saturated heterocycles. The third-order valence-corrected chi connectivity index (χ3v) is 2.50. The van der Waals surface area contributed by atoms with Crippen molar-refractivity contribution < 1.29 is 4.74 Å². The van der Waals surface area contributed by atoms with Crippen molar-refractivity contribution in [3.8, 4) is 5.75 Å². The Morgan fingerprint density at radius 1 is 1.38 bits per heavy atom. The zero-order chi connectivity index (χ0) is 11.4. The molecule has 2 N–H and O–H groups in total. The minimum atomic E-state index is 0.567. The fourth-order valence-corrected chi connectivity index (χ4v) is 1.85. The van der Waals surface area contributed by atoms with Crippen molar-refractivity contribution in [3.05, 3.63) is 41.1 Å². The molecule has 1 heterocycles. The molecule has 16 heavy (non-hydrogen) atoms. The maximum Gasteiger partial charge on any atom is 0.122 e. The van der Waals surface area contributed by atoms with Crippen molar-refractivity contribution in [2.75, 3.05) is 12.3 Å². The summed E-state index contributed by atoms with van der Waals surface area (Å²) in [5, 5.41) is 4.09. The highest BCUT2D eigenvalue weighted by molar-refractivity contribution is 9.10. The molecule has 2 aromatic rings. The molecule has 0 aliphatic heterocycles. The fourth-order valence-electron chi connectivity index (χ4n) is 1.36. The Morgan fingerprint density at radius 3 is 2.94 bits per heavy atom. The van der Waals surface area contributed by atoms with Gasteiger partial charge in [-0.1, -0.05) is 15.9 Å². The molecule has 0 spiro atoms. The van der Waals surface area contributed by atoms with Crippen LogP contribution in [0.5, 0.6) is 5.75 Å². The largest absolute Gasteiger partial charge is 0.492 e. The molecule has 0 atom stereocenters. The van der Waals surface area contributed by atoms with Crippen LogP contribution in [-0.2, 0) is 6.54 Å². The van der Waals surface area contributed by atoms with Crippen LogP contribution in [0.3, 0.4) is 0 Å². The maximum absolute atomic E-state index is 5.70. The monoisotopic (exact) mass is 281 g/mol. The van der Waals surface area contributed by atoms with Crippen LogP contribution in [0.2, 0.25) is 0 Å². The molecule has 84 valence electrons. The lowest BCUT2D eigenvalue weighted by Gasteiger charge is -2.07. The van der Waals surface area contributed by atoms with E-state index in [1.165, 1.54) is 0 Å². The Balaban J connectivity index is 1.89. The summed E-state index contributed by atoms with van der Waals surface area (Å²) in [4.78, 5) is 0. The molecule has 0 aliphatic carbocycles. The molecule has 0 saturated carbocycles. The number of benzene rings is 1. The molecule has 0 unspecified atom stereocenters. The highest BCUT2D eigenvalue weighted by Gasteiger charge is 1.98. The van der Waals surface area contributed by atoms with Crippen molar-refractivity contribution in [2.45, 2.75) is 6.54 Å². The zero-order valence-electron chi connectivity index (χ0n) is 8.64. The fraction of sp³-hybridized carbons (Fsp3) is 0.182. The van der Waals surface area contributed by atoms with Crippen LogP contribution in [0.1, 0.15) is 0 Å². The Bertz CT molecular complexity index is 436. The highest BCUT2D eigenvalue weighted by Crippen LogP contribution is 2.22. The van der Waals surface area contributed by atoms with E-state index in [0.29, 0.717) is 12.3 Å². The number of nitrogens with zero attached hydrogens (tertiary/aromatic N) is 2. The van der Waals surface area contributed by atoms with Crippen LogP contribution >= 0.6 is 15.9 Å². The molecule has 1 aromatic heterocycles. The second kappa shape index (κ2) is 5.03. The predicted octanol–water partition coefficient (Wildman–Crippen LogP) is 2.31. The number of hydrogen-bond acceptors (Lipinski definition) is 3. The second-order valence-corrected chi connectivity index (χ2v) is 4.25. The molecule has 0 radical (unpaired) electrons. The number of aromatic nitrogens is 2. The quantitative estimate of drug-likeness (QED) is 0.875. The molecule has 5 heteroatoms. The highest BCUT2D eigenvalue weighted by atomic mass is 79.9. The van der Waals surface area contributed by atoms with Crippen molar-refractivity contribution in [2.24, 2.45) is 0 Å². The molecule has 0 amide bonds. The van der Waals surface area contributed by atoms with Gasteiger partial charge in [0.25, 0.3) is 0 Å². The number of anilines is 1. The topological polar surface area (TPSA) is 53.1 Å². The Labute approximate surface area is 102 Å². The number of hydrogen-bond donors (Lipinski definition) is 1. The van der Waals surface area contributed by atoms with Gasteiger partial charge >= 0.3 is 0 Å². The van der Waals surface area contributed by atoms with Gasteiger partial charge in [0, 0.05) is 28.6 Å². The predicted molar refractivity (Wildman–Crippen MR) is 66.3 cm³/mol. The SMILES string of the molecule is Nc1cc(Br)cc(OCCn2cccn2)c1. The standard InChI is InChI=1S/C11H12BrN3O/c12-9-6-10(13)8-11(7-9)16-5-4-15-3-1-2-14-15/h1-3,6-8H,4-5,13H2. The van der Waals surface area contributed by atoms with Gasteiger partial charge in [0.05, 0.1) is 6.54 Å². The van der Waals surface area contributed by atoms with Crippen LogP contribution < -0.4 is 10.5 Å². The van der Waals surface area contributed by atoms with E-state index in [4.69, 9.17) is 10.5 Å². The number of nitrogen functional groups attached to an aromatic ring is 1. The van der Waals surface area contributed by atoms with E-state index in [9.17, 15) is 0 Å². The van der Waals surface area contributed by atoms with E-state index >= 15 is 0 Å². The van der Waals surface area contributed by atoms with Gasteiger partial charge in [0.15, 0.2) is 0 Å². The van der Waals surface area contributed by atoms with Gasteiger partial charge in [-0.05, 0) is 18.2 Å². The van der Waals surface area contributed by atoms with E-state index in [0.717, 1.165) is 16.8 Å². The Hall–Kier alpha value is -1.49. The van der Waals surface area contributed by atoms with E-state index in [1.54, 1.807) is 12.3 Å². The van der Waals surface area contributed by atoms with Crippen LogP contribution in [0.15, 0.2) is 41.1 Å². The Kier molecular flexibility index (Phi) is 3.46. The van der Waals surface area contributed by atoms with Crippen molar-refractivity contribution in [1.29, 1.82) is 0 Å². The average molecular weight is 282 g/mol. The van der Waals surface area contributed by atoms with Crippen LogP contribution in [0.25, 0.3) is 0 Å². The first kappa shape index (κ1) is 11.0. The molecule has 1 aromatic carbocycles. The summed E-state index contributed by atoms with van der Waals surface area (Å²) in [7, 11) is 0. The van der Waals surface area contributed by atoms with Gasteiger partial charge < -0.3 is 10.5 Å². The normalized spacial score (nSPS) is 10.3. The van der Waals surface area contributed by atoms with Crippen LogP contribution in [-0.4, -0.2) is 16.4 Å². The Morgan fingerprint density at radius 2 is 2.25 bits per heavy atom. The summed E-state index contributed by atoms with van der Waals surface area (Å²) in [5.41, 5.74) is 6.38. The number of nitrogens with two attached hydrogens (primary N) is 1. The number of halogens is 1. The van der Waals surface area contributed by atoms with Gasteiger partial charge in [-0.25, -0.2) is 0 Å².